The summed E-state index contributed by atoms with van der Waals surface area (Å²) in [5.41, 5.74) is -0.545. The van der Waals surface area contributed by atoms with Gasteiger partial charge in [0.15, 0.2) is 6.61 Å². The molecular formula is C21H22N2O7S2. The average molecular weight is 479 g/mol. The highest BCUT2D eigenvalue weighted by Gasteiger charge is 2.42. The van der Waals surface area contributed by atoms with Crippen molar-refractivity contribution in [3.63, 3.8) is 0 Å². The lowest BCUT2D eigenvalue weighted by molar-refractivity contribution is -0.142. The third-order valence-corrected chi connectivity index (χ3v) is 7.50. The molecule has 0 saturated carbocycles. The zero-order chi connectivity index (χ0) is 23.7. The maximum atomic E-state index is 12.5. The molecule has 0 spiro atoms. The summed E-state index contributed by atoms with van der Waals surface area (Å²) < 4.78 is 30.3. The highest BCUT2D eigenvalue weighted by molar-refractivity contribution is 7.90. The van der Waals surface area contributed by atoms with Crippen molar-refractivity contribution in [3.8, 4) is 0 Å². The number of hydrogen-bond donors (Lipinski definition) is 1. The van der Waals surface area contributed by atoms with Crippen LogP contribution in [0.5, 0.6) is 0 Å². The van der Waals surface area contributed by atoms with E-state index in [2.05, 4.69) is 5.32 Å². The first-order valence-electron chi connectivity index (χ1n) is 9.63. The van der Waals surface area contributed by atoms with Crippen LogP contribution < -0.4 is 5.32 Å². The molecule has 0 saturated heterocycles. The molecule has 3 rings (SSSR count). The molecule has 0 aliphatic carbocycles. The zero-order valence-corrected chi connectivity index (χ0v) is 19.3. The quantitative estimate of drug-likeness (QED) is 0.476. The van der Waals surface area contributed by atoms with Crippen molar-refractivity contribution < 1.29 is 32.3 Å². The highest BCUT2D eigenvalue weighted by Crippen LogP contribution is 2.29. The van der Waals surface area contributed by atoms with E-state index in [0.717, 1.165) is 16.2 Å². The van der Waals surface area contributed by atoms with Crippen LogP contribution in [0.25, 0.3) is 0 Å². The number of nitrogens with zero attached hydrogens (tertiary/aromatic N) is 1. The second kappa shape index (κ2) is 8.83. The number of nitrogens with one attached hydrogen (secondary N) is 1. The van der Waals surface area contributed by atoms with E-state index in [1.807, 2.05) is 0 Å². The van der Waals surface area contributed by atoms with E-state index in [0.29, 0.717) is 9.18 Å². The minimum Gasteiger partial charge on any atom is -0.456 e. The number of ketones is 1. The van der Waals surface area contributed by atoms with E-state index in [1.165, 1.54) is 24.3 Å². The van der Waals surface area contributed by atoms with E-state index < -0.39 is 46.2 Å². The van der Waals surface area contributed by atoms with E-state index >= 15 is 0 Å². The Kier molecular flexibility index (Phi) is 6.51. The van der Waals surface area contributed by atoms with Crippen LogP contribution in [-0.2, 0) is 30.9 Å². The van der Waals surface area contributed by atoms with E-state index in [9.17, 15) is 27.6 Å². The summed E-state index contributed by atoms with van der Waals surface area (Å²) in [6.45, 7) is 4.22. The number of amides is 2. The first-order valence-corrected chi connectivity index (χ1v) is 11.9. The first kappa shape index (κ1) is 23.6. The number of thiophene rings is 1. The van der Waals surface area contributed by atoms with Gasteiger partial charge in [0.25, 0.3) is 15.9 Å². The third kappa shape index (κ3) is 4.89. The van der Waals surface area contributed by atoms with Gasteiger partial charge in [0.1, 0.15) is 11.4 Å². The Bertz CT molecular complexity index is 1190. The molecule has 0 radical (unpaired) electrons. The minimum absolute atomic E-state index is 0.0129. The van der Waals surface area contributed by atoms with Gasteiger partial charge >= 0.3 is 5.97 Å². The van der Waals surface area contributed by atoms with Crippen molar-refractivity contribution in [3.05, 3.63) is 51.7 Å². The SMILES string of the molecule is CC(C)(C)C(=O)NCc1ccc(C(=O)COC(=O)CN2C(=O)c3ccccc3S2(=O)=O)s1. The number of sulfonamides is 1. The van der Waals surface area contributed by atoms with Crippen molar-refractivity contribution in [2.75, 3.05) is 13.2 Å². The van der Waals surface area contributed by atoms with Crippen molar-refractivity contribution in [1.29, 1.82) is 0 Å². The summed E-state index contributed by atoms with van der Waals surface area (Å²) in [5.74, 6) is -2.43. The molecule has 0 bridgehead atoms. The van der Waals surface area contributed by atoms with Crippen LogP contribution in [0.4, 0.5) is 0 Å². The van der Waals surface area contributed by atoms with Crippen LogP contribution >= 0.6 is 11.3 Å². The summed E-state index contributed by atoms with van der Waals surface area (Å²) in [6, 6.07) is 8.91. The van der Waals surface area contributed by atoms with Crippen molar-refractivity contribution in [2.24, 2.45) is 5.41 Å². The molecule has 170 valence electrons. The van der Waals surface area contributed by atoms with Crippen LogP contribution in [0.2, 0.25) is 0 Å². The average Bonchev–Trinajstić information content (AvgIpc) is 3.28. The third-order valence-electron chi connectivity index (χ3n) is 4.59. The molecule has 1 aromatic carbocycles. The van der Waals surface area contributed by atoms with Crippen LogP contribution in [0, 0.1) is 5.41 Å². The van der Waals surface area contributed by atoms with Gasteiger partial charge in [0.2, 0.25) is 11.7 Å². The Morgan fingerprint density at radius 3 is 2.44 bits per heavy atom. The number of rotatable bonds is 7. The van der Waals surface area contributed by atoms with Crippen molar-refractivity contribution >= 4 is 44.9 Å². The van der Waals surface area contributed by atoms with Gasteiger partial charge in [-0.3, -0.25) is 19.2 Å². The Hall–Kier alpha value is -3.05. The summed E-state index contributed by atoms with van der Waals surface area (Å²) in [7, 11) is -4.14. The van der Waals surface area contributed by atoms with Crippen LogP contribution in [0.1, 0.15) is 45.7 Å². The standard InChI is InChI=1S/C21H22N2O7S2/c1-21(2,3)20(27)22-10-13-8-9-16(31-13)15(24)12-30-18(25)11-23-19(26)14-6-4-5-7-17(14)32(23,28)29/h4-9H,10-12H2,1-3H3,(H,22,27). The monoisotopic (exact) mass is 478 g/mol. The molecule has 1 aliphatic heterocycles. The Labute approximate surface area is 189 Å². The number of benzene rings is 1. The maximum Gasteiger partial charge on any atom is 0.327 e. The van der Waals surface area contributed by atoms with E-state index in [4.69, 9.17) is 4.74 Å². The maximum absolute atomic E-state index is 12.5. The molecule has 2 aromatic rings. The minimum atomic E-state index is -4.14. The molecule has 0 fully saturated rings. The number of carbonyl (C=O) groups is 4. The Morgan fingerprint density at radius 1 is 1.09 bits per heavy atom. The predicted molar refractivity (Wildman–Crippen MR) is 116 cm³/mol. The van der Waals surface area contributed by atoms with Crippen LogP contribution in [-0.4, -0.2) is 49.4 Å². The fourth-order valence-electron chi connectivity index (χ4n) is 2.82. The summed E-state index contributed by atoms with van der Waals surface area (Å²) in [6.07, 6.45) is 0. The molecule has 0 unspecified atom stereocenters. The summed E-state index contributed by atoms with van der Waals surface area (Å²) in [5, 5.41) is 2.78. The van der Waals surface area contributed by atoms with Gasteiger partial charge in [0.05, 0.1) is 17.0 Å². The highest BCUT2D eigenvalue weighted by atomic mass is 32.2. The molecule has 32 heavy (non-hydrogen) atoms. The number of hydrogen-bond acceptors (Lipinski definition) is 8. The van der Waals surface area contributed by atoms with Gasteiger partial charge in [-0.15, -0.1) is 11.3 Å². The first-order chi connectivity index (χ1) is 14.9. The predicted octanol–water partition coefficient (Wildman–Crippen LogP) is 1.98. The second-order valence-electron chi connectivity index (χ2n) is 8.10. The van der Waals surface area contributed by atoms with Gasteiger partial charge in [-0.2, -0.15) is 0 Å². The van der Waals surface area contributed by atoms with Gasteiger partial charge in [0, 0.05) is 10.3 Å². The molecule has 11 heteroatoms. The lowest BCUT2D eigenvalue weighted by Crippen LogP contribution is -2.36. The molecule has 1 N–H and O–H groups in total. The molecule has 0 atom stereocenters. The van der Waals surface area contributed by atoms with Crippen LogP contribution in [0.15, 0.2) is 41.3 Å². The lowest BCUT2D eigenvalue weighted by atomic mass is 9.96. The lowest BCUT2D eigenvalue weighted by Gasteiger charge is -2.17. The molecule has 2 heterocycles. The smallest absolute Gasteiger partial charge is 0.327 e. The number of carbonyl (C=O) groups excluding carboxylic acids is 4. The topological polar surface area (TPSA) is 127 Å². The van der Waals surface area contributed by atoms with E-state index in [-0.39, 0.29) is 22.9 Å². The fourth-order valence-corrected chi connectivity index (χ4v) is 5.21. The number of Topliss-reactive ketones (excluding diaryl/α,β-unsaturated/α-hetero) is 1. The van der Waals surface area contributed by atoms with E-state index in [1.54, 1.807) is 32.9 Å². The molecule has 1 aromatic heterocycles. The van der Waals surface area contributed by atoms with Gasteiger partial charge in [-0.25, -0.2) is 12.7 Å². The Morgan fingerprint density at radius 2 is 1.78 bits per heavy atom. The normalized spacial score (nSPS) is 14.7. The van der Waals surface area contributed by atoms with Gasteiger partial charge in [-0.05, 0) is 24.3 Å². The Balaban J connectivity index is 1.54. The molecule has 2 amide bonds. The number of fused-ring (bicyclic) bond motifs is 1. The molecule has 1 aliphatic rings. The van der Waals surface area contributed by atoms with Crippen LogP contribution in [0.3, 0.4) is 0 Å². The number of ether oxygens (including phenoxy) is 1. The van der Waals surface area contributed by atoms with Gasteiger partial charge in [-0.1, -0.05) is 32.9 Å². The summed E-state index contributed by atoms with van der Waals surface area (Å²) in [4.78, 5) is 49.6. The summed E-state index contributed by atoms with van der Waals surface area (Å²) >= 11 is 1.15. The molecular weight excluding hydrogens is 456 g/mol. The number of esters is 1. The van der Waals surface area contributed by atoms with Crippen molar-refractivity contribution in [1.82, 2.24) is 9.62 Å². The zero-order valence-electron chi connectivity index (χ0n) is 17.7. The van der Waals surface area contributed by atoms with Gasteiger partial charge < -0.3 is 10.1 Å². The largest absolute Gasteiger partial charge is 0.456 e. The fraction of sp³-hybridized carbons (Fsp3) is 0.333. The molecule has 9 nitrogen and oxygen atoms in total. The van der Waals surface area contributed by atoms with Crippen molar-refractivity contribution in [2.45, 2.75) is 32.2 Å². The second-order valence-corrected chi connectivity index (χ2v) is 11.1.